The second kappa shape index (κ2) is 8.56. The number of fused-ring (bicyclic) bond motifs is 1. The zero-order valence-corrected chi connectivity index (χ0v) is 18.2. The normalized spacial score (nSPS) is 19.2. The first kappa shape index (κ1) is 19.9. The fourth-order valence-corrected chi connectivity index (χ4v) is 5.36. The SMILES string of the molecule is CCc1ccc(N2CSC3=C(C#N)[C@@H](c4ccc(SC)cc4)CC(=O)N3C2)cc1. The molecule has 0 aromatic heterocycles. The molecule has 0 radical (unpaired) electrons. The number of carbonyl (C=O) groups excluding carboxylic acids is 1. The summed E-state index contributed by atoms with van der Waals surface area (Å²) in [5, 5.41) is 10.7. The molecule has 2 aromatic rings. The first-order valence-corrected chi connectivity index (χ1v) is 11.9. The van der Waals surface area contributed by atoms with E-state index >= 15 is 0 Å². The van der Waals surface area contributed by atoms with Crippen LogP contribution in [0.15, 0.2) is 64.0 Å². The Morgan fingerprint density at radius 3 is 2.52 bits per heavy atom. The maximum atomic E-state index is 13.0. The molecule has 1 fully saturated rings. The smallest absolute Gasteiger partial charge is 0.229 e. The van der Waals surface area contributed by atoms with Crippen LogP contribution in [0.3, 0.4) is 0 Å². The van der Waals surface area contributed by atoms with E-state index in [4.69, 9.17) is 0 Å². The van der Waals surface area contributed by atoms with Crippen molar-refractivity contribution in [1.82, 2.24) is 4.90 Å². The van der Waals surface area contributed by atoms with E-state index in [2.05, 4.69) is 54.3 Å². The number of aryl methyl sites for hydroxylation is 1. The number of allylic oxidation sites excluding steroid dienone is 1. The van der Waals surface area contributed by atoms with Gasteiger partial charge in [-0.15, -0.1) is 11.8 Å². The molecule has 0 saturated carbocycles. The molecule has 1 atom stereocenters. The van der Waals surface area contributed by atoms with Crippen molar-refractivity contribution < 1.29 is 4.79 Å². The molecule has 2 aliphatic rings. The molecule has 29 heavy (non-hydrogen) atoms. The van der Waals surface area contributed by atoms with Crippen LogP contribution in [0.2, 0.25) is 0 Å². The van der Waals surface area contributed by atoms with Crippen molar-refractivity contribution in [2.24, 2.45) is 0 Å². The van der Waals surface area contributed by atoms with Gasteiger partial charge in [0.05, 0.1) is 29.2 Å². The number of carbonyl (C=O) groups is 1. The number of hydrogen-bond donors (Lipinski definition) is 0. The van der Waals surface area contributed by atoms with Gasteiger partial charge >= 0.3 is 0 Å². The summed E-state index contributed by atoms with van der Waals surface area (Å²) in [6, 6.07) is 19.1. The largest absolute Gasteiger partial charge is 0.344 e. The number of amides is 1. The predicted octanol–water partition coefficient (Wildman–Crippen LogP) is 5.19. The average Bonchev–Trinajstić information content (AvgIpc) is 2.79. The van der Waals surface area contributed by atoms with Crippen molar-refractivity contribution >= 4 is 35.1 Å². The molecule has 4 rings (SSSR count). The van der Waals surface area contributed by atoms with Crippen LogP contribution in [-0.2, 0) is 11.2 Å². The number of rotatable bonds is 4. The summed E-state index contributed by atoms with van der Waals surface area (Å²) >= 11 is 3.27. The number of nitrogens with zero attached hydrogens (tertiary/aromatic N) is 3. The lowest BCUT2D eigenvalue weighted by Crippen LogP contribution is -2.47. The summed E-state index contributed by atoms with van der Waals surface area (Å²) in [6.07, 6.45) is 3.39. The third-order valence-electron chi connectivity index (χ3n) is 5.52. The Morgan fingerprint density at radius 1 is 1.17 bits per heavy atom. The maximum Gasteiger partial charge on any atom is 0.229 e. The Labute approximate surface area is 180 Å². The van der Waals surface area contributed by atoms with E-state index in [1.165, 1.54) is 10.5 Å². The Morgan fingerprint density at radius 2 is 1.90 bits per heavy atom. The maximum absolute atomic E-state index is 13.0. The minimum atomic E-state index is -0.155. The van der Waals surface area contributed by atoms with Gasteiger partial charge in [-0.25, -0.2) is 0 Å². The highest BCUT2D eigenvalue weighted by Gasteiger charge is 2.38. The van der Waals surface area contributed by atoms with Gasteiger partial charge in [0.25, 0.3) is 0 Å². The highest BCUT2D eigenvalue weighted by Crippen LogP contribution is 2.43. The van der Waals surface area contributed by atoms with Gasteiger partial charge in [-0.1, -0.05) is 43.0 Å². The molecule has 2 heterocycles. The molecule has 1 saturated heterocycles. The summed E-state index contributed by atoms with van der Waals surface area (Å²) in [5.41, 5.74) is 4.16. The van der Waals surface area contributed by atoms with Gasteiger partial charge in [0.2, 0.25) is 5.91 Å². The molecular formula is C23H23N3OS2. The molecule has 0 N–H and O–H groups in total. The lowest BCUT2D eigenvalue weighted by atomic mass is 9.86. The number of anilines is 1. The molecule has 2 aromatic carbocycles. The van der Waals surface area contributed by atoms with Crippen molar-refractivity contribution in [3.8, 4) is 6.07 Å². The van der Waals surface area contributed by atoms with Crippen molar-refractivity contribution in [1.29, 1.82) is 5.26 Å². The lowest BCUT2D eigenvalue weighted by Gasteiger charge is -2.42. The summed E-state index contributed by atoms with van der Waals surface area (Å²) in [6.45, 7) is 2.64. The second-order valence-corrected chi connectivity index (χ2v) is 8.97. The zero-order chi connectivity index (χ0) is 20.4. The molecule has 0 bridgehead atoms. The van der Waals surface area contributed by atoms with Gasteiger partial charge in [-0.2, -0.15) is 5.26 Å². The van der Waals surface area contributed by atoms with Crippen LogP contribution in [0.25, 0.3) is 0 Å². The van der Waals surface area contributed by atoms with Gasteiger partial charge < -0.3 is 4.90 Å². The number of nitriles is 1. The molecule has 1 amide bonds. The van der Waals surface area contributed by atoms with Crippen LogP contribution >= 0.6 is 23.5 Å². The third-order valence-corrected chi connectivity index (χ3v) is 7.42. The average molecular weight is 422 g/mol. The van der Waals surface area contributed by atoms with Crippen molar-refractivity contribution in [3.05, 3.63) is 70.3 Å². The molecular weight excluding hydrogens is 398 g/mol. The summed E-state index contributed by atoms with van der Waals surface area (Å²) in [4.78, 5) is 18.2. The Hall–Kier alpha value is -2.36. The molecule has 0 aliphatic carbocycles. The zero-order valence-electron chi connectivity index (χ0n) is 16.6. The van der Waals surface area contributed by atoms with Gasteiger partial charge in [0.15, 0.2) is 0 Å². The van der Waals surface area contributed by atoms with Crippen LogP contribution in [0, 0.1) is 11.3 Å². The van der Waals surface area contributed by atoms with E-state index in [-0.39, 0.29) is 11.8 Å². The van der Waals surface area contributed by atoms with Crippen molar-refractivity contribution in [3.63, 3.8) is 0 Å². The summed E-state index contributed by atoms with van der Waals surface area (Å²) in [5.74, 6) is 0.659. The lowest BCUT2D eigenvalue weighted by molar-refractivity contribution is -0.129. The van der Waals surface area contributed by atoms with Crippen molar-refractivity contribution in [2.75, 3.05) is 23.7 Å². The van der Waals surface area contributed by atoms with Crippen LogP contribution in [-0.4, -0.2) is 29.6 Å². The van der Waals surface area contributed by atoms with Gasteiger partial charge in [-0.05, 0) is 48.1 Å². The molecule has 4 nitrogen and oxygen atoms in total. The van der Waals surface area contributed by atoms with Gasteiger partial charge in [0, 0.05) is 22.9 Å². The quantitative estimate of drug-likeness (QED) is 0.636. The van der Waals surface area contributed by atoms with Crippen molar-refractivity contribution in [2.45, 2.75) is 30.6 Å². The number of hydrogen-bond acceptors (Lipinski definition) is 5. The highest BCUT2D eigenvalue weighted by atomic mass is 32.2. The Kier molecular flexibility index (Phi) is 5.89. The number of thioether (sulfide) groups is 2. The molecule has 0 unspecified atom stereocenters. The minimum Gasteiger partial charge on any atom is -0.344 e. The summed E-state index contributed by atoms with van der Waals surface area (Å²) < 4.78 is 0. The summed E-state index contributed by atoms with van der Waals surface area (Å²) in [7, 11) is 0. The Balaban J connectivity index is 1.61. The molecule has 148 valence electrons. The van der Waals surface area contributed by atoms with Gasteiger partial charge in [-0.3, -0.25) is 9.69 Å². The van der Waals surface area contributed by atoms with E-state index in [0.717, 1.165) is 28.6 Å². The number of benzene rings is 2. The molecule has 0 spiro atoms. The minimum absolute atomic E-state index is 0.0836. The van der Waals surface area contributed by atoms with E-state index < -0.39 is 0 Å². The van der Waals surface area contributed by atoms with Gasteiger partial charge in [0.1, 0.15) is 0 Å². The monoisotopic (exact) mass is 421 g/mol. The van der Waals surface area contributed by atoms with E-state index in [0.29, 0.717) is 18.7 Å². The van der Waals surface area contributed by atoms with E-state index in [1.807, 2.05) is 18.4 Å². The topological polar surface area (TPSA) is 47.3 Å². The predicted molar refractivity (Wildman–Crippen MR) is 121 cm³/mol. The fraction of sp³-hybridized carbons (Fsp3) is 0.304. The fourth-order valence-electron chi connectivity index (χ4n) is 3.79. The van der Waals surface area contributed by atoms with Crippen LogP contribution < -0.4 is 4.90 Å². The van der Waals surface area contributed by atoms with E-state index in [1.54, 1.807) is 28.4 Å². The standard InChI is InChI=1S/C23H23N3OS2/c1-3-16-4-8-18(9-5-16)25-14-26-22(27)12-20(21(13-24)23(26)29-15-25)17-6-10-19(28-2)11-7-17/h4-11,20H,3,12,14-15H2,1-2H3/t20-/m1/s1. The molecule has 2 aliphatic heterocycles. The second-order valence-electron chi connectivity index (χ2n) is 7.16. The third kappa shape index (κ3) is 3.90. The first-order chi connectivity index (χ1) is 14.1. The Bertz CT molecular complexity index is 977. The highest BCUT2D eigenvalue weighted by molar-refractivity contribution is 8.03. The van der Waals surface area contributed by atoms with E-state index in [9.17, 15) is 10.1 Å². The van der Waals surface area contributed by atoms with Crippen LogP contribution in [0.5, 0.6) is 0 Å². The molecule has 6 heteroatoms. The van der Waals surface area contributed by atoms with Crippen LogP contribution in [0.1, 0.15) is 30.4 Å². The van der Waals surface area contributed by atoms with Crippen LogP contribution in [0.4, 0.5) is 5.69 Å². The first-order valence-electron chi connectivity index (χ1n) is 9.69.